The first-order valence-electron chi connectivity index (χ1n) is 11.1. The molecule has 0 aliphatic carbocycles. The average molecular weight is 429 g/mol. The Bertz CT molecular complexity index is 582. The van der Waals surface area contributed by atoms with Crippen LogP contribution in [-0.4, -0.2) is 26.5 Å². The van der Waals surface area contributed by atoms with Crippen molar-refractivity contribution < 1.29 is 12.6 Å². The second-order valence-corrected chi connectivity index (χ2v) is 10.4. The van der Waals surface area contributed by atoms with Crippen molar-refractivity contribution in [2.45, 2.75) is 95.8 Å². The number of hydrogen-bond donors (Lipinski definition) is 0. The van der Waals surface area contributed by atoms with Gasteiger partial charge in [-0.15, -0.1) is 0 Å². The van der Waals surface area contributed by atoms with E-state index in [1.54, 1.807) is 24.3 Å². The predicted molar refractivity (Wildman–Crippen MR) is 123 cm³/mol. The summed E-state index contributed by atoms with van der Waals surface area (Å²) in [6, 6.07) is 6.80. The van der Waals surface area contributed by atoms with Crippen LogP contribution >= 0.6 is 11.8 Å². The molecule has 0 bridgehead atoms. The molecule has 0 heterocycles. The molecule has 0 spiro atoms. The third kappa shape index (κ3) is 12.8. The Kier molecular flexibility index (Phi) is 14.9. The van der Waals surface area contributed by atoms with E-state index >= 15 is 0 Å². The fourth-order valence-corrected chi connectivity index (χ4v) is 5.00. The summed E-state index contributed by atoms with van der Waals surface area (Å²) in [5.41, 5.74) is 1.04. The van der Waals surface area contributed by atoms with Gasteiger partial charge < -0.3 is 0 Å². The zero-order valence-electron chi connectivity index (χ0n) is 18.0. The minimum Gasteiger partial charge on any atom is -0.266 e. The van der Waals surface area contributed by atoms with E-state index in [0.717, 1.165) is 24.8 Å². The van der Waals surface area contributed by atoms with Gasteiger partial charge in [0.15, 0.2) is 0 Å². The smallest absolute Gasteiger partial charge is 0.266 e. The van der Waals surface area contributed by atoms with Crippen LogP contribution in [0.1, 0.15) is 89.5 Å². The Morgan fingerprint density at radius 3 is 1.82 bits per heavy atom. The molecule has 0 unspecified atom stereocenters. The second kappa shape index (κ2) is 16.3. The van der Waals surface area contributed by atoms with Crippen LogP contribution in [0, 0.1) is 6.92 Å². The molecule has 0 aliphatic rings. The van der Waals surface area contributed by atoms with Gasteiger partial charge in [0.25, 0.3) is 10.1 Å². The summed E-state index contributed by atoms with van der Waals surface area (Å²) < 4.78 is 29.3. The third-order valence-corrected chi connectivity index (χ3v) is 7.35. The molecular weight excluding hydrogens is 388 g/mol. The van der Waals surface area contributed by atoms with Crippen molar-refractivity contribution in [3.05, 3.63) is 29.8 Å². The minimum atomic E-state index is -3.60. The maximum atomic E-state index is 12.1. The van der Waals surface area contributed by atoms with Gasteiger partial charge in [-0.25, -0.2) is 0 Å². The van der Waals surface area contributed by atoms with Crippen LogP contribution in [0.2, 0.25) is 0 Å². The summed E-state index contributed by atoms with van der Waals surface area (Å²) in [5, 5.41) is 0. The van der Waals surface area contributed by atoms with E-state index in [-0.39, 0.29) is 11.5 Å². The second-order valence-electron chi connectivity index (χ2n) is 7.59. The van der Waals surface area contributed by atoms with E-state index in [1.165, 1.54) is 69.3 Å². The summed E-state index contributed by atoms with van der Waals surface area (Å²) in [6.07, 6.45) is 15.1. The lowest BCUT2D eigenvalue weighted by Crippen LogP contribution is -2.07. The lowest BCUT2D eigenvalue weighted by molar-refractivity contribution is 0.306. The van der Waals surface area contributed by atoms with Crippen LogP contribution in [0.3, 0.4) is 0 Å². The van der Waals surface area contributed by atoms with E-state index in [1.807, 2.05) is 6.92 Å². The highest BCUT2D eigenvalue weighted by Crippen LogP contribution is 2.15. The third-order valence-electron chi connectivity index (χ3n) is 4.87. The largest absolute Gasteiger partial charge is 0.296 e. The highest BCUT2D eigenvalue weighted by atomic mass is 32.2. The molecule has 0 aromatic heterocycles. The molecule has 0 atom stereocenters. The van der Waals surface area contributed by atoms with Crippen LogP contribution in [0.15, 0.2) is 29.2 Å². The minimum absolute atomic E-state index is 0.247. The topological polar surface area (TPSA) is 43.4 Å². The molecule has 162 valence electrons. The average Bonchev–Trinajstić information content (AvgIpc) is 2.68. The first-order valence-corrected chi connectivity index (χ1v) is 13.7. The SMILES string of the molecule is CCCCCCCCSCCCCCCCCOS(=O)(=O)c1ccc(C)cc1. The van der Waals surface area contributed by atoms with Crippen LogP contribution < -0.4 is 0 Å². The number of unbranched alkanes of at least 4 members (excludes halogenated alkanes) is 10. The molecule has 1 aromatic rings. The molecule has 28 heavy (non-hydrogen) atoms. The van der Waals surface area contributed by atoms with Gasteiger partial charge in [-0.2, -0.15) is 20.2 Å². The molecule has 0 saturated carbocycles. The van der Waals surface area contributed by atoms with Gasteiger partial charge in [-0.1, -0.05) is 82.4 Å². The Morgan fingerprint density at radius 2 is 1.25 bits per heavy atom. The monoisotopic (exact) mass is 428 g/mol. The Labute approximate surface area is 178 Å². The molecule has 3 nitrogen and oxygen atoms in total. The fraction of sp³-hybridized carbons (Fsp3) is 0.739. The zero-order chi connectivity index (χ0) is 20.5. The summed E-state index contributed by atoms with van der Waals surface area (Å²) in [4.78, 5) is 0.247. The summed E-state index contributed by atoms with van der Waals surface area (Å²) >= 11 is 2.10. The Balaban J connectivity index is 1.88. The van der Waals surface area contributed by atoms with Gasteiger partial charge in [-0.05, 0) is 49.8 Å². The van der Waals surface area contributed by atoms with Gasteiger partial charge in [-0.3, -0.25) is 4.18 Å². The van der Waals surface area contributed by atoms with Crippen LogP contribution in [0.4, 0.5) is 0 Å². The predicted octanol–water partition coefficient (Wildman–Crippen LogP) is 7.13. The molecule has 5 heteroatoms. The van der Waals surface area contributed by atoms with Crippen molar-refractivity contribution in [1.29, 1.82) is 0 Å². The molecule has 0 aliphatic heterocycles. The van der Waals surface area contributed by atoms with Gasteiger partial charge in [0.1, 0.15) is 0 Å². The van der Waals surface area contributed by atoms with E-state index < -0.39 is 10.1 Å². The van der Waals surface area contributed by atoms with Gasteiger partial charge in [0.2, 0.25) is 0 Å². The summed E-state index contributed by atoms with van der Waals surface area (Å²) in [5.74, 6) is 2.60. The number of aryl methyl sites for hydroxylation is 1. The highest BCUT2D eigenvalue weighted by Gasteiger charge is 2.14. The van der Waals surface area contributed by atoms with E-state index in [9.17, 15) is 8.42 Å². The van der Waals surface area contributed by atoms with Crippen molar-refractivity contribution in [3.63, 3.8) is 0 Å². The fourth-order valence-electron chi connectivity index (χ4n) is 3.04. The van der Waals surface area contributed by atoms with Crippen LogP contribution in [0.5, 0.6) is 0 Å². The van der Waals surface area contributed by atoms with Crippen molar-refractivity contribution in [1.82, 2.24) is 0 Å². The molecule has 0 amide bonds. The molecule has 0 fully saturated rings. The maximum Gasteiger partial charge on any atom is 0.296 e. The molecule has 0 N–H and O–H groups in total. The van der Waals surface area contributed by atoms with Crippen LogP contribution in [0.25, 0.3) is 0 Å². The van der Waals surface area contributed by atoms with Crippen molar-refractivity contribution >= 4 is 21.9 Å². The first kappa shape index (κ1) is 25.5. The lowest BCUT2D eigenvalue weighted by atomic mass is 10.1. The van der Waals surface area contributed by atoms with Crippen molar-refractivity contribution in [2.75, 3.05) is 18.1 Å². The number of benzene rings is 1. The normalized spacial score (nSPS) is 11.8. The first-order chi connectivity index (χ1) is 13.6. The quantitative estimate of drug-likeness (QED) is 0.184. The van der Waals surface area contributed by atoms with E-state index in [2.05, 4.69) is 18.7 Å². The standard InChI is InChI=1S/C23H40O3S2/c1-3-4-5-6-10-13-20-27-21-14-11-8-7-9-12-19-26-28(24,25)23-17-15-22(2)16-18-23/h15-18H,3-14,19-21H2,1-2H3. The molecule has 0 saturated heterocycles. The molecular formula is C23H40O3S2. The van der Waals surface area contributed by atoms with Crippen molar-refractivity contribution in [3.8, 4) is 0 Å². The van der Waals surface area contributed by atoms with Gasteiger partial charge in [0, 0.05) is 0 Å². The van der Waals surface area contributed by atoms with Gasteiger partial charge in [0.05, 0.1) is 11.5 Å². The maximum absolute atomic E-state index is 12.1. The highest BCUT2D eigenvalue weighted by molar-refractivity contribution is 7.99. The Morgan fingerprint density at radius 1 is 0.750 bits per heavy atom. The number of rotatable bonds is 18. The molecule has 0 radical (unpaired) electrons. The Hall–Kier alpha value is -0.520. The summed E-state index contributed by atoms with van der Waals surface area (Å²) in [7, 11) is -3.60. The van der Waals surface area contributed by atoms with E-state index in [4.69, 9.17) is 4.18 Å². The summed E-state index contributed by atoms with van der Waals surface area (Å²) in [6.45, 7) is 4.48. The van der Waals surface area contributed by atoms with Crippen molar-refractivity contribution in [2.24, 2.45) is 0 Å². The zero-order valence-corrected chi connectivity index (χ0v) is 19.6. The number of hydrogen-bond acceptors (Lipinski definition) is 4. The molecule has 1 aromatic carbocycles. The molecule has 1 rings (SSSR count). The van der Waals surface area contributed by atoms with Gasteiger partial charge >= 0.3 is 0 Å². The number of thioether (sulfide) groups is 1. The van der Waals surface area contributed by atoms with E-state index in [0.29, 0.717) is 0 Å². The van der Waals surface area contributed by atoms with Crippen LogP contribution in [-0.2, 0) is 14.3 Å². The lowest BCUT2D eigenvalue weighted by Gasteiger charge is -2.06.